The van der Waals surface area contributed by atoms with Crippen molar-refractivity contribution in [1.82, 2.24) is 0 Å². The van der Waals surface area contributed by atoms with E-state index >= 15 is 8.78 Å². The zero-order chi connectivity index (χ0) is 38.6. The minimum atomic E-state index is -0.716. The summed E-state index contributed by atoms with van der Waals surface area (Å²) >= 11 is 0. The molecule has 0 aromatic heterocycles. The fraction of sp³-hybridized carbons (Fsp3) is 0.538. The first kappa shape index (κ1) is 41.3. The number of unbranched alkanes of at least 4 members (excludes halogenated alkanes) is 4. The van der Waals surface area contributed by atoms with Crippen molar-refractivity contribution in [3.05, 3.63) is 141 Å². The summed E-state index contributed by atoms with van der Waals surface area (Å²) in [7, 11) is 0. The highest BCUT2D eigenvalue weighted by atomic mass is 19.1. The van der Waals surface area contributed by atoms with Crippen molar-refractivity contribution >= 4 is 0 Å². The Morgan fingerprint density at radius 3 is 1.20 bits per heavy atom. The molecule has 296 valence electrons. The van der Waals surface area contributed by atoms with Crippen LogP contribution in [0.2, 0.25) is 0 Å². The summed E-state index contributed by atoms with van der Waals surface area (Å²) in [4.78, 5) is 0. The van der Waals surface area contributed by atoms with Crippen LogP contribution in [0.3, 0.4) is 0 Å². The van der Waals surface area contributed by atoms with Gasteiger partial charge < -0.3 is 4.74 Å². The Hall–Kier alpha value is -3.30. The van der Waals surface area contributed by atoms with Gasteiger partial charge in [-0.15, -0.1) is 0 Å². The Morgan fingerprint density at radius 2 is 0.873 bits per heavy atom. The van der Waals surface area contributed by atoms with Crippen LogP contribution in [0.15, 0.2) is 84.9 Å². The van der Waals surface area contributed by atoms with Crippen LogP contribution >= 0.6 is 0 Å². The Morgan fingerprint density at radius 1 is 0.491 bits per heavy atom. The van der Waals surface area contributed by atoms with Gasteiger partial charge in [-0.3, -0.25) is 0 Å². The minimum absolute atomic E-state index is 0.240. The van der Waals surface area contributed by atoms with E-state index in [1.165, 1.54) is 75.3 Å². The maximum atomic E-state index is 16.7. The second-order valence-corrected chi connectivity index (χ2v) is 17.1. The summed E-state index contributed by atoms with van der Waals surface area (Å²) in [6.45, 7) is 9.02. The second-order valence-electron chi connectivity index (χ2n) is 17.1. The van der Waals surface area contributed by atoms with Crippen molar-refractivity contribution in [2.24, 2.45) is 11.8 Å². The minimum Gasteiger partial charge on any atom is -0.356 e. The number of ether oxygens (including phenoxy) is 1. The fourth-order valence-electron chi connectivity index (χ4n) is 9.50. The molecule has 2 aliphatic rings. The van der Waals surface area contributed by atoms with E-state index in [2.05, 4.69) is 88.4 Å². The average molecular weight is 747 g/mol. The van der Waals surface area contributed by atoms with Gasteiger partial charge in [-0.1, -0.05) is 139 Å². The summed E-state index contributed by atoms with van der Waals surface area (Å²) < 4.78 is 40.5. The van der Waals surface area contributed by atoms with Gasteiger partial charge in [0.15, 0.2) is 0 Å². The van der Waals surface area contributed by atoms with E-state index in [4.69, 9.17) is 4.74 Å². The molecule has 4 aromatic carbocycles. The Kier molecular flexibility index (Phi) is 15.6. The Labute approximate surface area is 332 Å². The number of hydrogen-bond acceptors (Lipinski definition) is 1. The molecule has 0 N–H and O–H groups in total. The highest BCUT2D eigenvalue weighted by Crippen LogP contribution is 2.43. The van der Waals surface area contributed by atoms with E-state index in [1.807, 2.05) is 12.1 Å². The number of benzene rings is 4. The zero-order valence-corrected chi connectivity index (χ0v) is 34.4. The summed E-state index contributed by atoms with van der Waals surface area (Å²) in [5.41, 5.74) is 7.53. The van der Waals surface area contributed by atoms with Crippen LogP contribution in [0.5, 0.6) is 0 Å². The molecule has 0 bridgehead atoms. The van der Waals surface area contributed by atoms with Crippen molar-refractivity contribution in [3.8, 4) is 0 Å². The molecule has 0 saturated heterocycles. The average Bonchev–Trinajstić information content (AvgIpc) is 3.23. The SMILES string of the molecule is CCCCCc1ccc(C(OC(c2ccc(CCCCC)cc2)c2ccc(C3CCC(CC)CC3)cc2F)c2ccc(C3CCC(CC)CC3)cc2F)cc1. The smallest absolute Gasteiger partial charge is 0.129 e. The van der Waals surface area contributed by atoms with Crippen LogP contribution < -0.4 is 0 Å². The van der Waals surface area contributed by atoms with Crippen LogP contribution in [0, 0.1) is 23.5 Å². The lowest BCUT2D eigenvalue weighted by atomic mass is 9.77. The topological polar surface area (TPSA) is 9.23 Å². The number of halogens is 2. The molecular weight excluding hydrogens is 679 g/mol. The second kappa shape index (κ2) is 20.7. The highest BCUT2D eigenvalue weighted by Gasteiger charge is 2.30. The van der Waals surface area contributed by atoms with Gasteiger partial charge in [0.1, 0.15) is 23.8 Å². The van der Waals surface area contributed by atoms with Gasteiger partial charge in [0, 0.05) is 11.1 Å². The van der Waals surface area contributed by atoms with Gasteiger partial charge in [-0.25, -0.2) is 8.78 Å². The molecule has 2 unspecified atom stereocenters. The lowest BCUT2D eigenvalue weighted by Gasteiger charge is -2.30. The summed E-state index contributed by atoms with van der Waals surface area (Å²) in [5, 5.41) is 0. The number of rotatable bonds is 18. The van der Waals surface area contributed by atoms with Gasteiger partial charge >= 0.3 is 0 Å². The molecule has 55 heavy (non-hydrogen) atoms. The van der Waals surface area contributed by atoms with Crippen molar-refractivity contribution in [2.45, 2.75) is 167 Å². The van der Waals surface area contributed by atoms with E-state index < -0.39 is 12.2 Å². The molecular formula is C52H68F2O. The monoisotopic (exact) mass is 747 g/mol. The lowest BCUT2D eigenvalue weighted by molar-refractivity contribution is 0.0270. The zero-order valence-electron chi connectivity index (χ0n) is 34.4. The summed E-state index contributed by atoms with van der Waals surface area (Å²) in [6.07, 6.45) is 19.4. The molecule has 2 fully saturated rings. The molecule has 2 aliphatic carbocycles. The van der Waals surface area contributed by atoms with Crippen LogP contribution in [0.4, 0.5) is 8.78 Å². The van der Waals surface area contributed by atoms with Crippen molar-refractivity contribution in [3.63, 3.8) is 0 Å². The van der Waals surface area contributed by atoms with E-state index in [0.717, 1.165) is 85.5 Å². The maximum Gasteiger partial charge on any atom is 0.129 e. The number of aryl methyl sites for hydroxylation is 2. The molecule has 0 amide bonds. The maximum absolute atomic E-state index is 16.7. The van der Waals surface area contributed by atoms with Crippen molar-refractivity contribution in [2.75, 3.05) is 0 Å². The number of hydrogen-bond donors (Lipinski definition) is 0. The predicted octanol–water partition coefficient (Wildman–Crippen LogP) is 15.7. The van der Waals surface area contributed by atoms with E-state index in [1.54, 1.807) is 12.1 Å². The fourth-order valence-corrected chi connectivity index (χ4v) is 9.50. The molecule has 6 rings (SSSR count). The van der Waals surface area contributed by atoms with Crippen LogP contribution in [-0.2, 0) is 17.6 Å². The standard InChI is InChI=1S/C52H68F2O/c1-5-9-11-13-39-19-27-43(28-20-39)51(47-33-31-45(35-49(47)53)41-23-15-37(7-3)16-24-41)55-52(44-29-21-40(22-30-44)14-12-10-6-2)48-34-32-46(36-50(48)54)42-25-17-38(8-4)18-26-42/h19-22,27-38,41-42,51-52H,5-18,23-26H2,1-4H3. The van der Waals surface area contributed by atoms with E-state index in [0.29, 0.717) is 23.0 Å². The first-order valence-corrected chi connectivity index (χ1v) is 22.3. The lowest BCUT2D eigenvalue weighted by Crippen LogP contribution is -2.17. The van der Waals surface area contributed by atoms with Crippen LogP contribution in [0.25, 0.3) is 0 Å². The summed E-state index contributed by atoms with van der Waals surface area (Å²) in [6, 6.07) is 28.8. The molecule has 0 spiro atoms. The normalized spacial score (nSPS) is 21.3. The van der Waals surface area contributed by atoms with Gasteiger partial charge in [-0.05, 0) is 146 Å². The Balaban J connectivity index is 1.36. The molecule has 2 atom stereocenters. The molecule has 0 heterocycles. The quantitative estimate of drug-likeness (QED) is 0.0921. The molecule has 4 aromatic rings. The van der Waals surface area contributed by atoms with Crippen LogP contribution in [0.1, 0.15) is 199 Å². The third-order valence-electron chi connectivity index (χ3n) is 13.4. The third kappa shape index (κ3) is 11.0. The first-order chi connectivity index (χ1) is 26.9. The largest absolute Gasteiger partial charge is 0.356 e. The Bertz CT molecular complexity index is 1600. The third-order valence-corrected chi connectivity index (χ3v) is 13.4. The highest BCUT2D eigenvalue weighted by molar-refractivity contribution is 5.39. The molecule has 3 heteroatoms. The van der Waals surface area contributed by atoms with Gasteiger partial charge in [-0.2, -0.15) is 0 Å². The van der Waals surface area contributed by atoms with Crippen molar-refractivity contribution in [1.29, 1.82) is 0 Å². The van der Waals surface area contributed by atoms with Gasteiger partial charge in [0.05, 0.1) is 0 Å². The van der Waals surface area contributed by atoms with E-state index in [-0.39, 0.29) is 11.6 Å². The first-order valence-electron chi connectivity index (χ1n) is 22.3. The van der Waals surface area contributed by atoms with Gasteiger partial charge in [0.25, 0.3) is 0 Å². The van der Waals surface area contributed by atoms with Crippen LogP contribution in [-0.4, -0.2) is 0 Å². The molecule has 0 radical (unpaired) electrons. The molecule has 0 aliphatic heterocycles. The molecule has 1 nitrogen and oxygen atoms in total. The summed E-state index contributed by atoms with van der Waals surface area (Å²) in [5.74, 6) is 1.88. The van der Waals surface area contributed by atoms with E-state index in [9.17, 15) is 0 Å². The van der Waals surface area contributed by atoms with Crippen molar-refractivity contribution < 1.29 is 13.5 Å². The predicted molar refractivity (Wildman–Crippen MR) is 227 cm³/mol. The van der Waals surface area contributed by atoms with Gasteiger partial charge in [0.2, 0.25) is 0 Å². The molecule has 2 saturated carbocycles.